The third kappa shape index (κ3) is 2.33. The van der Waals surface area contributed by atoms with Crippen LogP contribution in [0.3, 0.4) is 0 Å². The quantitative estimate of drug-likeness (QED) is 0.682. The van der Waals surface area contributed by atoms with Crippen LogP contribution in [0, 0.1) is 17.1 Å². The van der Waals surface area contributed by atoms with E-state index in [1.165, 1.54) is 6.07 Å². The highest BCUT2D eigenvalue weighted by atomic mass is 79.9. The van der Waals surface area contributed by atoms with Crippen molar-refractivity contribution in [1.82, 2.24) is 4.57 Å². The van der Waals surface area contributed by atoms with Gasteiger partial charge in [0.25, 0.3) is 0 Å². The maximum atomic E-state index is 13.8. The van der Waals surface area contributed by atoms with Crippen LogP contribution in [0.4, 0.5) is 4.39 Å². The van der Waals surface area contributed by atoms with E-state index >= 15 is 0 Å². The third-order valence-electron chi connectivity index (χ3n) is 3.25. The number of nitriles is 1. The van der Waals surface area contributed by atoms with Crippen molar-refractivity contribution in [1.29, 1.82) is 5.26 Å². The topological polar surface area (TPSA) is 28.7 Å². The van der Waals surface area contributed by atoms with Gasteiger partial charge < -0.3 is 4.57 Å². The van der Waals surface area contributed by atoms with Crippen LogP contribution in [0.15, 0.2) is 53.1 Å². The molecule has 3 aromatic rings. The van der Waals surface area contributed by atoms with Crippen molar-refractivity contribution in [2.24, 2.45) is 0 Å². The zero-order chi connectivity index (χ0) is 14.1. The van der Waals surface area contributed by atoms with Gasteiger partial charge in [-0.1, -0.05) is 15.9 Å². The number of hydrogen-bond acceptors (Lipinski definition) is 1. The summed E-state index contributed by atoms with van der Waals surface area (Å²) in [5.41, 5.74) is 2.24. The second kappa shape index (κ2) is 5.10. The van der Waals surface area contributed by atoms with E-state index in [2.05, 4.69) is 22.0 Å². The minimum absolute atomic E-state index is 0.219. The Balaban J connectivity index is 2.03. The molecule has 0 N–H and O–H groups in total. The third-order valence-corrected chi connectivity index (χ3v) is 3.74. The molecule has 0 radical (unpaired) electrons. The van der Waals surface area contributed by atoms with Crippen molar-refractivity contribution in [3.05, 3.63) is 70.1 Å². The van der Waals surface area contributed by atoms with Crippen molar-refractivity contribution in [3.8, 4) is 6.07 Å². The zero-order valence-electron chi connectivity index (χ0n) is 10.5. The van der Waals surface area contributed by atoms with Gasteiger partial charge in [0.15, 0.2) is 0 Å². The summed E-state index contributed by atoms with van der Waals surface area (Å²) in [4.78, 5) is 0. The molecule has 0 atom stereocenters. The molecule has 0 aliphatic heterocycles. The lowest BCUT2D eigenvalue weighted by molar-refractivity contribution is 0.601. The van der Waals surface area contributed by atoms with Crippen LogP contribution in [0.2, 0.25) is 0 Å². The fourth-order valence-electron chi connectivity index (χ4n) is 2.26. The lowest BCUT2D eigenvalue weighted by atomic mass is 10.1. The maximum absolute atomic E-state index is 13.8. The Morgan fingerprint density at radius 1 is 1.15 bits per heavy atom. The lowest BCUT2D eigenvalue weighted by Crippen LogP contribution is -2.00. The normalized spacial score (nSPS) is 10.7. The highest BCUT2D eigenvalue weighted by Crippen LogP contribution is 2.21. The summed E-state index contributed by atoms with van der Waals surface area (Å²) in [6.07, 6.45) is 1.91. The Hall–Kier alpha value is -2.12. The molecule has 20 heavy (non-hydrogen) atoms. The van der Waals surface area contributed by atoms with Gasteiger partial charge in [-0.15, -0.1) is 0 Å². The standard InChI is InChI=1S/C16H10BrFN2/c17-14-2-3-15(18)13(8-14)10-20-6-5-12-7-11(9-19)1-4-16(12)20/h1-8H,10H2. The molecular weight excluding hydrogens is 319 g/mol. The molecule has 0 aliphatic carbocycles. The minimum atomic E-state index is -0.219. The molecule has 2 aromatic carbocycles. The van der Waals surface area contributed by atoms with E-state index in [1.54, 1.807) is 18.2 Å². The molecule has 0 saturated carbocycles. The molecule has 98 valence electrons. The first kappa shape index (κ1) is 12.9. The van der Waals surface area contributed by atoms with Crippen molar-refractivity contribution in [2.45, 2.75) is 6.54 Å². The molecule has 0 amide bonds. The average molecular weight is 329 g/mol. The Bertz CT molecular complexity index is 830. The summed E-state index contributed by atoms with van der Waals surface area (Å²) in [7, 11) is 0. The van der Waals surface area contributed by atoms with Gasteiger partial charge in [0.1, 0.15) is 5.82 Å². The molecule has 0 fully saturated rings. The van der Waals surface area contributed by atoms with Crippen molar-refractivity contribution < 1.29 is 4.39 Å². The smallest absolute Gasteiger partial charge is 0.128 e. The second-order valence-corrected chi connectivity index (χ2v) is 5.48. The van der Waals surface area contributed by atoms with Gasteiger partial charge >= 0.3 is 0 Å². The van der Waals surface area contributed by atoms with Crippen LogP contribution in [-0.2, 0) is 6.54 Å². The van der Waals surface area contributed by atoms with E-state index in [9.17, 15) is 4.39 Å². The van der Waals surface area contributed by atoms with Crippen LogP contribution >= 0.6 is 15.9 Å². The monoisotopic (exact) mass is 328 g/mol. The largest absolute Gasteiger partial charge is 0.343 e. The van der Waals surface area contributed by atoms with Crippen molar-refractivity contribution >= 4 is 26.8 Å². The molecule has 0 spiro atoms. The van der Waals surface area contributed by atoms with Crippen LogP contribution in [0.1, 0.15) is 11.1 Å². The lowest BCUT2D eigenvalue weighted by Gasteiger charge is -2.07. The fraction of sp³-hybridized carbons (Fsp3) is 0.0625. The van der Waals surface area contributed by atoms with Gasteiger partial charge in [-0.2, -0.15) is 5.26 Å². The molecule has 0 unspecified atom stereocenters. The minimum Gasteiger partial charge on any atom is -0.343 e. The molecule has 0 saturated heterocycles. The molecular formula is C16H10BrFN2. The van der Waals surface area contributed by atoms with Crippen LogP contribution in [0.5, 0.6) is 0 Å². The highest BCUT2D eigenvalue weighted by Gasteiger charge is 2.07. The molecule has 1 aromatic heterocycles. The average Bonchev–Trinajstić information content (AvgIpc) is 2.85. The molecule has 2 nitrogen and oxygen atoms in total. The molecule has 0 bridgehead atoms. The first-order chi connectivity index (χ1) is 9.67. The number of halogens is 2. The van der Waals surface area contributed by atoms with E-state index in [1.807, 2.05) is 29.0 Å². The summed E-state index contributed by atoms with van der Waals surface area (Å²) < 4.78 is 16.6. The highest BCUT2D eigenvalue weighted by molar-refractivity contribution is 9.10. The number of hydrogen-bond donors (Lipinski definition) is 0. The summed E-state index contributed by atoms with van der Waals surface area (Å²) in [5, 5.41) is 9.88. The van der Waals surface area contributed by atoms with Gasteiger partial charge in [-0.3, -0.25) is 0 Å². The molecule has 1 heterocycles. The summed E-state index contributed by atoms with van der Waals surface area (Å²) in [6.45, 7) is 0.459. The van der Waals surface area contributed by atoms with Crippen molar-refractivity contribution in [2.75, 3.05) is 0 Å². The second-order valence-electron chi connectivity index (χ2n) is 4.56. The first-order valence-corrected chi connectivity index (χ1v) is 6.89. The molecule has 0 aliphatic rings. The number of nitrogens with zero attached hydrogens (tertiary/aromatic N) is 2. The zero-order valence-corrected chi connectivity index (χ0v) is 12.1. The van der Waals surface area contributed by atoms with Gasteiger partial charge in [-0.05, 0) is 42.5 Å². The summed E-state index contributed by atoms with van der Waals surface area (Å²) in [6, 6.07) is 14.5. The van der Waals surface area contributed by atoms with E-state index in [0.717, 1.165) is 15.4 Å². The van der Waals surface area contributed by atoms with E-state index < -0.39 is 0 Å². The number of rotatable bonds is 2. The van der Waals surface area contributed by atoms with Gasteiger partial charge in [-0.25, -0.2) is 4.39 Å². The summed E-state index contributed by atoms with van der Waals surface area (Å²) in [5.74, 6) is -0.219. The number of aromatic nitrogens is 1. The number of fused-ring (bicyclic) bond motifs is 1. The molecule has 4 heteroatoms. The molecule has 3 rings (SSSR count). The summed E-state index contributed by atoms with van der Waals surface area (Å²) >= 11 is 3.36. The Labute approximate surface area is 124 Å². The first-order valence-electron chi connectivity index (χ1n) is 6.10. The van der Waals surface area contributed by atoms with Crippen LogP contribution in [-0.4, -0.2) is 4.57 Å². The van der Waals surface area contributed by atoms with E-state index in [0.29, 0.717) is 17.7 Å². The number of benzene rings is 2. The Morgan fingerprint density at radius 3 is 2.80 bits per heavy atom. The van der Waals surface area contributed by atoms with Gasteiger partial charge in [0.2, 0.25) is 0 Å². The maximum Gasteiger partial charge on any atom is 0.128 e. The predicted molar refractivity (Wildman–Crippen MR) is 79.9 cm³/mol. The van der Waals surface area contributed by atoms with Crippen molar-refractivity contribution in [3.63, 3.8) is 0 Å². The Kier molecular flexibility index (Phi) is 3.29. The van der Waals surface area contributed by atoms with Crippen LogP contribution in [0.25, 0.3) is 10.9 Å². The van der Waals surface area contributed by atoms with Gasteiger partial charge in [0.05, 0.1) is 18.2 Å². The SMILES string of the molecule is N#Cc1ccc2c(ccn2Cc2cc(Br)ccc2F)c1. The predicted octanol–water partition coefficient (Wildman–Crippen LogP) is 4.46. The van der Waals surface area contributed by atoms with Gasteiger partial charge in [0, 0.05) is 27.1 Å². The van der Waals surface area contributed by atoms with E-state index in [-0.39, 0.29) is 5.82 Å². The van der Waals surface area contributed by atoms with E-state index in [4.69, 9.17) is 5.26 Å². The Morgan fingerprint density at radius 2 is 2.00 bits per heavy atom. The fourth-order valence-corrected chi connectivity index (χ4v) is 2.66. The van der Waals surface area contributed by atoms with Crippen LogP contribution < -0.4 is 0 Å².